The highest BCUT2D eigenvalue weighted by molar-refractivity contribution is 6.30. The third-order valence-corrected chi connectivity index (χ3v) is 4.10. The van der Waals surface area contributed by atoms with E-state index in [1.807, 2.05) is 0 Å². The van der Waals surface area contributed by atoms with Crippen LogP contribution in [-0.2, 0) is 0 Å². The van der Waals surface area contributed by atoms with Crippen LogP contribution in [0.25, 0.3) is 0 Å². The lowest BCUT2D eigenvalue weighted by Crippen LogP contribution is -2.28. The van der Waals surface area contributed by atoms with Crippen molar-refractivity contribution in [2.45, 2.75) is 38.1 Å². The number of rotatable bonds is 3. The quantitative estimate of drug-likeness (QED) is 0.802. The van der Waals surface area contributed by atoms with Gasteiger partial charge in [0.2, 0.25) is 0 Å². The Bertz CT molecular complexity index is 417. The highest BCUT2D eigenvalue weighted by Crippen LogP contribution is 2.36. The summed E-state index contributed by atoms with van der Waals surface area (Å²) in [5.41, 5.74) is 0.395. The molecule has 1 saturated carbocycles. The molecule has 1 aliphatic rings. The Kier molecular flexibility index (Phi) is 4.57. The molecule has 1 atom stereocenters. The average Bonchev–Trinajstić information content (AvgIpc) is 2.38. The largest absolute Gasteiger partial charge is 0.313 e. The first kappa shape index (κ1) is 13.8. The molecule has 100 valence electrons. The molecule has 0 amide bonds. The van der Waals surface area contributed by atoms with Gasteiger partial charge >= 0.3 is 0 Å². The van der Waals surface area contributed by atoms with Crippen molar-refractivity contribution in [2.75, 3.05) is 7.05 Å². The Balaban J connectivity index is 2.28. The number of benzene rings is 1. The van der Waals surface area contributed by atoms with Crippen molar-refractivity contribution in [2.24, 2.45) is 5.92 Å². The zero-order valence-corrected chi connectivity index (χ0v) is 11.2. The molecule has 4 heteroatoms. The molecule has 1 fully saturated rings. The molecular weight excluding hydrogens is 256 g/mol. The van der Waals surface area contributed by atoms with Gasteiger partial charge in [0.1, 0.15) is 11.6 Å². The maximum absolute atomic E-state index is 13.9. The SMILES string of the molecule is CNC(c1cc(F)c(Cl)cc1F)C1CCCCC1. The lowest BCUT2D eigenvalue weighted by molar-refractivity contribution is 0.276. The normalized spacial score (nSPS) is 18.9. The van der Waals surface area contributed by atoms with E-state index in [0.29, 0.717) is 11.5 Å². The van der Waals surface area contributed by atoms with Crippen molar-refractivity contribution in [1.29, 1.82) is 0 Å². The molecule has 1 aromatic carbocycles. The average molecular weight is 274 g/mol. The van der Waals surface area contributed by atoms with E-state index in [9.17, 15) is 8.78 Å². The van der Waals surface area contributed by atoms with Crippen LogP contribution in [0.15, 0.2) is 12.1 Å². The monoisotopic (exact) mass is 273 g/mol. The number of hydrogen-bond acceptors (Lipinski definition) is 1. The first-order valence-corrected chi connectivity index (χ1v) is 6.83. The molecule has 1 aromatic rings. The lowest BCUT2D eigenvalue weighted by Gasteiger charge is -2.30. The second-order valence-corrected chi connectivity index (χ2v) is 5.36. The zero-order valence-electron chi connectivity index (χ0n) is 10.5. The third kappa shape index (κ3) is 2.83. The van der Waals surface area contributed by atoms with E-state index in [0.717, 1.165) is 18.9 Å². The molecule has 0 spiro atoms. The fourth-order valence-electron chi connectivity index (χ4n) is 2.89. The van der Waals surface area contributed by atoms with Crippen LogP contribution in [0.3, 0.4) is 0 Å². The molecule has 18 heavy (non-hydrogen) atoms. The van der Waals surface area contributed by atoms with Gasteiger partial charge in [0, 0.05) is 11.6 Å². The number of nitrogens with one attached hydrogen (secondary N) is 1. The highest BCUT2D eigenvalue weighted by Gasteiger charge is 2.26. The summed E-state index contributed by atoms with van der Waals surface area (Å²) in [6.07, 6.45) is 5.70. The lowest BCUT2D eigenvalue weighted by atomic mass is 9.81. The summed E-state index contributed by atoms with van der Waals surface area (Å²) in [4.78, 5) is 0. The Hall–Kier alpha value is -0.670. The van der Waals surface area contributed by atoms with Crippen LogP contribution in [0.1, 0.15) is 43.7 Å². The second-order valence-electron chi connectivity index (χ2n) is 4.95. The molecule has 1 nitrogen and oxygen atoms in total. The molecular formula is C14H18ClF2N. The van der Waals surface area contributed by atoms with Gasteiger partial charge in [-0.2, -0.15) is 0 Å². The topological polar surface area (TPSA) is 12.0 Å². The molecule has 2 rings (SSSR count). The van der Waals surface area contributed by atoms with Crippen LogP contribution in [-0.4, -0.2) is 7.05 Å². The van der Waals surface area contributed by atoms with Crippen LogP contribution in [0.2, 0.25) is 5.02 Å². The van der Waals surface area contributed by atoms with Gasteiger partial charge in [-0.15, -0.1) is 0 Å². The summed E-state index contributed by atoms with van der Waals surface area (Å²) < 4.78 is 27.4. The van der Waals surface area contributed by atoms with Crippen molar-refractivity contribution in [3.63, 3.8) is 0 Å². The van der Waals surface area contributed by atoms with Gasteiger partial charge in [-0.05, 0) is 37.9 Å². The molecule has 1 unspecified atom stereocenters. The first-order chi connectivity index (χ1) is 8.63. The van der Waals surface area contributed by atoms with Crippen molar-refractivity contribution in [3.05, 3.63) is 34.4 Å². The fourth-order valence-corrected chi connectivity index (χ4v) is 3.04. The van der Waals surface area contributed by atoms with E-state index in [-0.39, 0.29) is 11.1 Å². The minimum atomic E-state index is -0.552. The minimum Gasteiger partial charge on any atom is -0.313 e. The number of hydrogen-bond donors (Lipinski definition) is 1. The highest BCUT2D eigenvalue weighted by atomic mass is 35.5. The number of halogens is 3. The molecule has 0 aromatic heterocycles. The van der Waals surface area contributed by atoms with Crippen molar-refractivity contribution in [3.8, 4) is 0 Å². The molecule has 0 saturated heterocycles. The third-order valence-electron chi connectivity index (χ3n) is 3.81. The predicted octanol–water partition coefficient (Wildman–Crippen LogP) is 4.46. The smallest absolute Gasteiger partial charge is 0.142 e. The van der Waals surface area contributed by atoms with Crippen molar-refractivity contribution < 1.29 is 8.78 Å². The van der Waals surface area contributed by atoms with Crippen LogP contribution in [0, 0.1) is 17.6 Å². The van der Waals surface area contributed by atoms with Gasteiger partial charge in [0.15, 0.2) is 0 Å². The molecule has 0 aliphatic heterocycles. The predicted molar refractivity (Wildman–Crippen MR) is 69.7 cm³/mol. The summed E-state index contributed by atoms with van der Waals surface area (Å²) in [7, 11) is 1.80. The van der Waals surface area contributed by atoms with E-state index < -0.39 is 11.6 Å². The van der Waals surface area contributed by atoms with E-state index >= 15 is 0 Å². The zero-order chi connectivity index (χ0) is 13.1. The Labute approximate surface area is 112 Å². The maximum Gasteiger partial charge on any atom is 0.142 e. The fraction of sp³-hybridized carbons (Fsp3) is 0.571. The van der Waals surface area contributed by atoms with Crippen LogP contribution in [0.5, 0.6) is 0 Å². The molecule has 1 aliphatic carbocycles. The van der Waals surface area contributed by atoms with Gasteiger partial charge in [-0.3, -0.25) is 0 Å². The Morgan fingerprint density at radius 1 is 1.17 bits per heavy atom. The standard InChI is InChI=1S/C14H18ClF2N/c1-18-14(9-5-3-2-4-6-9)10-7-13(17)11(15)8-12(10)16/h7-9,14,18H,2-6H2,1H3. The summed E-state index contributed by atoms with van der Waals surface area (Å²) in [6, 6.07) is 2.17. The Morgan fingerprint density at radius 3 is 2.44 bits per heavy atom. The summed E-state index contributed by atoms with van der Waals surface area (Å²) >= 11 is 5.58. The van der Waals surface area contributed by atoms with Crippen molar-refractivity contribution >= 4 is 11.6 Å². The molecule has 0 bridgehead atoms. The van der Waals surface area contributed by atoms with E-state index in [4.69, 9.17) is 11.6 Å². The molecule has 0 radical (unpaired) electrons. The van der Waals surface area contributed by atoms with Crippen LogP contribution < -0.4 is 5.32 Å². The van der Waals surface area contributed by atoms with Crippen LogP contribution >= 0.6 is 11.6 Å². The van der Waals surface area contributed by atoms with Crippen molar-refractivity contribution in [1.82, 2.24) is 5.32 Å². The van der Waals surface area contributed by atoms with Gasteiger partial charge in [0.25, 0.3) is 0 Å². The molecule has 1 N–H and O–H groups in total. The van der Waals surface area contributed by atoms with Gasteiger partial charge in [-0.25, -0.2) is 8.78 Å². The van der Waals surface area contributed by atoms with Gasteiger partial charge < -0.3 is 5.32 Å². The Morgan fingerprint density at radius 2 is 1.83 bits per heavy atom. The van der Waals surface area contributed by atoms with E-state index in [1.54, 1.807) is 7.05 Å². The van der Waals surface area contributed by atoms with E-state index in [1.165, 1.54) is 25.3 Å². The van der Waals surface area contributed by atoms with Gasteiger partial charge in [0.05, 0.1) is 5.02 Å². The maximum atomic E-state index is 13.9. The first-order valence-electron chi connectivity index (χ1n) is 6.45. The summed E-state index contributed by atoms with van der Waals surface area (Å²) in [6.45, 7) is 0. The summed E-state index contributed by atoms with van der Waals surface area (Å²) in [5.74, 6) is -0.603. The minimum absolute atomic E-state index is 0.128. The van der Waals surface area contributed by atoms with E-state index in [2.05, 4.69) is 5.32 Å². The second kappa shape index (κ2) is 5.98. The van der Waals surface area contributed by atoms with Crippen LogP contribution in [0.4, 0.5) is 8.78 Å². The van der Waals surface area contributed by atoms with Gasteiger partial charge in [-0.1, -0.05) is 30.9 Å². The summed E-state index contributed by atoms with van der Waals surface area (Å²) in [5, 5.41) is 2.97. The molecule has 0 heterocycles.